The highest BCUT2D eigenvalue weighted by atomic mass is 32.2. The van der Waals surface area contributed by atoms with Crippen LogP contribution in [0.15, 0.2) is 53.2 Å². The van der Waals surface area contributed by atoms with Crippen molar-refractivity contribution in [2.75, 3.05) is 18.1 Å². The minimum atomic E-state index is -1.20. The lowest BCUT2D eigenvalue weighted by molar-refractivity contribution is -0.662. The number of hydrogen-bond acceptors (Lipinski definition) is 10. The highest BCUT2D eigenvalue weighted by Crippen LogP contribution is 2.40. The number of anilines is 1. The molecule has 0 saturated carbocycles. The van der Waals surface area contributed by atoms with E-state index in [2.05, 4.69) is 19.8 Å². The molecule has 1 saturated heterocycles. The first-order valence-electron chi connectivity index (χ1n) is 10.8. The van der Waals surface area contributed by atoms with Gasteiger partial charge in [0, 0.05) is 28.9 Å². The summed E-state index contributed by atoms with van der Waals surface area (Å²) >= 11 is 2.27. The summed E-state index contributed by atoms with van der Waals surface area (Å²) in [5, 5.41) is 15.9. The number of rotatable bonds is 8. The smallest absolute Gasteiger partial charge is 0.352 e. The maximum atomic E-state index is 13.1. The van der Waals surface area contributed by atoms with Crippen molar-refractivity contribution in [2.45, 2.75) is 24.9 Å². The molecule has 1 unspecified atom stereocenters. The van der Waals surface area contributed by atoms with E-state index in [-0.39, 0.29) is 29.0 Å². The number of nitrogen functional groups attached to an aromatic ring is 1. The number of fused-ring (bicyclic) bond motifs is 2. The Kier molecular flexibility index (Phi) is 6.32. The molecule has 4 N–H and O–H groups in total. The van der Waals surface area contributed by atoms with Crippen molar-refractivity contribution in [3.8, 4) is 0 Å². The number of amides is 2. The van der Waals surface area contributed by atoms with E-state index in [1.54, 1.807) is 6.92 Å². The number of carbonyl (C=O) groups excluding carboxylic acids is 2. The van der Waals surface area contributed by atoms with Crippen molar-refractivity contribution >= 4 is 57.6 Å². The quantitative estimate of drug-likeness (QED) is 0.155. The van der Waals surface area contributed by atoms with Crippen molar-refractivity contribution in [3.63, 3.8) is 0 Å². The van der Waals surface area contributed by atoms with Gasteiger partial charge in [0.15, 0.2) is 5.13 Å². The Labute approximate surface area is 212 Å². The number of carbonyl (C=O) groups is 3. The van der Waals surface area contributed by atoms with Crippen LogP contribution in [0.2, 0.25) is 0 Å². The summed E-state index contributed by atoms with van der Waals surface area (Å²) in [5.74, 6) is -2.08. The number of oxime groups is 1. The average molecular weight is 530 g/mol. The standard InChI is InChI=1S/C21H20N8O5S2/c1-2-34-25-13(16-24-21(22)36-26-16)17(30)23-14-18(31)29-15(20(32)33)11(10-35-19(14)29)9-28-8-7-27-6-4-3-5-12(27)28/h3-8,14,19H,2,9-10H2,1H3,(H3-,22,23,24,26,30,32,33)/p+1/b25-13+/t14?,19-/m1/s1. The third-order valence-corrected chi connectivity index (χ3v) is 7.50. The van der Waals surface area contributed by atoms with Gasteiger partial charge in [-0.1, -0.05) is 11.2 Å². The number of aromatic nitrogens is 4. The zero-order valence-corrected chi connectivity index (χ0v) is 20.5. The van der Waals surface area contributed by atoms with E-state index in [9.17, 15) is 19.5 Å². The Bertz CT molecular complexity index is 1430. The molecular weight excluding hydrogens is 508 g/mol. The number of carboxylic acid groups (broad SMARTS) is 1. The average Bonchev–Trinajstić information content (AvgIpc) is 3.48. The lowest BCUT2D eigenvalue weighted by atomic mass is 10.0. The minimum absolute atomic E-state index is 0.0198. The first-order chi connectivity index (χ1) is 17.4. The second-order valence-corrected chi connectivity index (χ2v) is 9.71. The van der Waals surface area contributed by atoms with Gasteiger partial charge in [-0.05, 0) is 13.0 Å². The summed E-state index contributed by atoms with van der Waals surface area (Å²) < 4.78 is 7.83. The van der Waals surface area contributed by atoms with Crippen LogP contribution in [0.5, 0.6) is 0 Å². The molecule has 186 valence electrons. The molecule has 2 atom stereocenters. The van der Waals surface area contributed by atoms with Gasteiger partial charge < -0.3 is 21.0 Å². The maximum absolute atomic E-state index is 13.1. The van der Waals surface area contributed by atoms with Crippen LogP contribution in [-0.2, 0) is 25.8 Å². The first-order valence-corrected chi connectivity index (χ1v) is 12.7. The zero-order valence-electron chi connectivity index (χ0n) is 18.9. The lowest BCUT2D eigenvalue weighted by Gasteiger charge is -2.49. The Morgan fingerprint density at radius 1 is 1.39 bits per heavy atom. The normalized spacial score (nSPS) is 19.8. The molecule has 0 bridgehead atoms. The van der Waals surface area contributed by atoms with E-state index in [1.165, 1.54) is 16.7 Å². The van der Waals surface area contributed by atoms with Crippen molar-refractivity contribution in [2.24, 2.45) is 5.16 Å². The Morgan fingerprint density at radius 3 is 2.94 bits per heavy atom. The predicted octanol–water partition coefficient (Wildman–Crippen LogP) is -0.160. The molecule has 36 heavy (non-hydrogen) atoms. The highest BCUT2D eigenvalue weighted by Gasteiger charge is 2.54. The molecule has 1 fully saturated rings. The van der Waals surface area contributed by atoms with Crippen molar-refractivity contribution in [1.29, 1.82) is 0 Å². The molecule has 5 heterocycles. The van der Waals surface area contributed by atoms with Gasteiger partial charge >= 0.3 is 5.97 Å². The van der Waals surface area contributed by atoms with Crippen LogP contribution in [0.1, 0.15) is 12.7 Å². The van der Waals surface area contributed by atoms with Crippen LogP contribution in [0.3, 0.4) is 0 Å². The van der Waals surface area contributed by atoms with Gasteiger partial charge in [-0.15, -0.1) is 11.8 Å². The third kappa shape index (κ3) is 4.15. The van der Waals surface area contributed by atoms with Gasteiger partial charge in [0.25, 0.3) is 17.5 Å². The molecule has 0 aliphatic carbocycles. The predicted molar refractivity (Wildman–Crippen MR) is 130 cm³/mol. The maximum Gasteiger partial charge on any atom is 0.352 e. The van der Waals surface area contributed by atoms with Crippen LogP contribution in [-0.4, -0.2) is 71.0 Å². The fraction of sp³-hybridized carbons (Fsp3) is 0.286. The molecule has 2 amide bonds. The van der Waals surface area contributed by atoms with E-state index in [1.807, 2.05) is 45.8 Å². The van der Waals surface area contributed by atoms with Crippen molar-refractivity contribution in [3.05, 3.63) is 53.9 Å². The van der Waals surface area contributed by atoms with Crippen LogP contribution < -0.4 is 15.6 Å². The summed E-state index contributed by atoms with van der Waals surface area (Å²) in [4.78, 5) is 48.4. The van der Waals surface area contributed by atoms with Crippen LogP contribution >= 0.6 is 23.3 Å². The highest BCUT2D eigenvalue weighted by molar-refractivity contribution is 8.00. The number of aliphatic carboxylic acids is 1. The molecule has 0 spiro atoms. The van der Waals surface area contributed by atoms with E-state index in [4.69, 9.17) is 10.6 Å². The van der Waals surface area contributed by atoms with Gasteiger partial charge in [0.1, 0.15) is 42.7 Å². The molecule has 5 rings (SSSR count). The van der Waals surface area contributed by atoms with E-state index in [0.717, 1.165) is 17.2 Å². The Morgan fingerprint density at radius 2 is 2.22 bits per heavy atom. The fourth-order valence-corrected chi connectivity index (χ4v) is 5.81. The molecule has 2 aliphatic heterocycles. The largest absolute Gasteiger partial charge is 0.477 e. The molecule has 2 aliphatic rings. The number of β-lactam (4-membered cyclic amide) rings is 1. The van der Waals surface area contributed by atoms with Gasteiger partial charge in [0.05, 0.1) is 6.20 Å². The summed E-state index contributed by atoms with van der Waals surface area (Å²) in [6, 6.07) is 4.78. The van der Waals surface area contributed by atoms with Crippen LogP contribution in [0.4, 0.5) is 5.13 Å². The second kappa shape index (κ2) is 9.58. The van der Waals surface area contributed by atoms with Gasteiger partial charge in [-0.25, -0.2) is 13.8 Å². The monoisotopic (exact) mass is 529 g/mol. The van der Waals surface area contributed by atoms with Gasteiger partial charge in [-0.2, -0.15) is 9.36 Å². The number of nitrogens with one attached hydrogen (secondary N) is 1. The molecule has 3 aromatic rings. The molecule has 13 nitrogen and oxygen atoms in total. The van der Waals surface area contributed by atoms with E-state index < -0.39 is 29.2 Å². The molecule has 0 radical (unpaired) electrons. The minimum Gasteiger partial charge on any atom is -0.477 e. The Balaban J connectivity index is 1.37. The van der Waals surface area contributed by atoms with Crippen molar-refractivity contribution in [1.82, 2.24) is 24.0 Å². The van der Waals surface area contributed by atoms with E-state index >= 15 is 0 Å². The van der Waals surface area contributed by atoms with Gasteiger partial charge in [-0.3, -0.25) is 14.5 Å². The number of nitrogens with zero attached hydrogens (tertiary/aromatic N) is 6. The van der Waals surface area contributed by atoms with Crippen molar-refractivity contribution < 1.29 is 28.9 Å². The topological polar surface area (TPSA) is 168 Å². The number of hydrogen-bond donors (Lipinski definition) is 3. The third-order valence-electron chi connectivity index (χ3n) is 5.62. The lowest BCUT2D eigenvalue weighted by Crippen LogP contribution is -2.71. The number of pyridine rings is 1. The summed E-state index contributed by atoms with van der Waals surface area (Å²) in [5.41, 5.74) is 6.83. The number of imidazole rings is 1. The zero-order chi connectivity index (χ0) is 25.4. The number of nitrogens with two attached hydrogens (primary N) is 1. The van der Waals surface area contributed by atoms with E-state index in [0.29, 0.717) is 17.9 Å². The summed E-state index contributed by atoms with van der Waals surface area (Å²) in [6.45, 7) is 2.21. The molecular formula is C21H21N8O5S2+. The summed E-state index contributed by atoms with van der Waals surface area (Å²) in [6.07, 6.45) is 5.63. The SMILES string of the molecule is CCO/N=C(/C(=O)NC1C(=O)N2C(C(=O)O)=C(C[n+]3ccn4ccccc43)CS[C@H]12)c1nsc(N)n1. The Hall–Kier alpha value is -3.98. The number of carboxylic acids is 1. The molecule has 0 aromatic carbocycles. The van der Waals surface area contributed by atoms with Gasteiger partial charge in [0.2, 0.25) is 11.5 Å². The fourth-order valence-electron chi connectivity index (χ4n) is 4.04. The molecule has 3 aromatic heterocycles. The van der Waals surface area contributed by atoms with Crippen LogP contribution in [0, 0.1) is 0 Å². The summed E-state index contributed by atoms with van der Waals surface area (Å²) in [7, 11) is 0. The molecule has 15 heteroatoms. The second-order valence-electron chi connectivity index (χ2n) is 7.82. The first kappa shape index (κ1) is 23.7. The number of thioether (sulfide) groups is 1. The van der Waals surface area contributed by atoms with Crippen LogP contribution in [0.25, 0.3) is 5.65 Å².